The van der Waals surface area contributed by atoms with Gasteiger partial charge in [0.05, 0.1) is 6.42 Å². The van der Waals surface area contributed by atoms with Crippen LogP contribution in [-0.4, -0.2) is 17.0 Å². The van der Waals surface area contributed by atoms with E-state index in [1.165, 1.54) is 0 Å². The van der Waals surface area contributed by atoms with E-state index in [2.05, 4.69) is 15.8 Å². The smallest absolute Gasteiger partial charge is 0.230 e. The van der Waals surface area contributed by atoms with Crippen molar-refractivity contribution in [2.45, 2.75) is 27.2 Å². The molecule has 3 rings (SSSR count). The normalized spacial score (nSPS) is 11.3. The van der Waals surface area contributed by atoms with E-state index in [0.717, 1.165) is 5.39 Å². The van der Waals surface area contributed by atoms with Crippen LogP contribution in [0.2, 0.25) is 0 Å². The molecule has 134 valence electrons. The predicted molar refractivity (Wildman–Crippen MR) is 101 cm³/mol. The van der Waals surface area contributed by atoms with E-state index in [4.69, 9.17) is 4.52 Å². The van der Waals surface area contributed by atoms with E-state index in [0.29, 0.717) is 22.7 Å². The Morgan fingerprint density at radius 3 is 2.42 bits per heavy atom. The molecule has 0 aliphatic carbocycles. The molecule has 0 aliphatic rings. The van der Waals surface area contributed by atoms with Gasteiger partial charge in [0.2, 0.25) is 11.8 Å². The van der Waals surface area contributed by atoms with Crippen LogP contribution in [-0.2, 0) is 16.0 Å². The van der Waals surface area contributed by atoms with Crippen molar-refractivity contribution in [1.82, 2.24) is 5.16 Å². The summed E-state index contributed by atoms with van der Waals surface area (Å²) in [5.74, 6) is -0.293. The van der Waals surface area contributed by atoms with Crippen molar-refractivity contribution in [2.75, 3.05) is 10.6 Å². The summed E-state index contributed by atoms with van der Waals surface area (Å²) in [4.78, 5) is 24.4. The number of aromatic nitrogens is 1. The summed E-state index contributed by atoms with van der Waals surface area (Å²) in [7, 11) is 0. The summed E-state index contributed by atoms with van der Waals surface area (Å²) in [6.45, 7) is 5.53. The van der Waals surface area contributed by atoms with Gasteiger partial charge in [0, 0.05) is 22.2 Å². The van der Waals surface area contributed by atoms with Crippen LogP contribution >= 0.6 is 0 Å². The Balaban J connectivity index is 1.68. The Labute approximate surface area is 151 Å². The average molecular weight is 351 g/mol. The van der Waals surface area contributed by atoms with Gasteiger partial charge in [-0.2, -0.15) is 0 Å². The summed E-state index contributed by atoms with van der Waals surface area (Å²) in [5.41, 5.74) is 1.99. The van der Waals surface area contributed by atoms with Crippen LogP contribution < -0.4 is 10.6 Å². The number of carbonyl (C=O) groups is 2. The largest absolute Gasteiger partial charge is 0.356 e. The molecule has 0 unspecified atom stereocenters. The fraction of sp³-hybridized carbons (Fsp3) is 0.250. The molecule has 0 fully saturated rings. The number of amides is 2. The fourth-order valence-electron chi connectivity index (χ4n) is 2.42. The maximum Gasteiger partial charge on any atom is 0.230 e. The van der Waals surface area contributed by atoms with Crippen molar-refractivity contribution in [1.29, 1.82) is 0 Å². The minimum atomic E-state index is -0.493. The van der Waals surface area contributed by atoms with Crippen molar-refractivity contribution in [3.05, 3.63) is 54.2 Å². The van der Waals surface area contributed by atoms with Crippen LogP contribution in [0.1, 0.15) is 26.5 Å². The summed E-state index contributed by atoms with van der Waals surface area (Å²) in [5, 5.41) is 10.5. The van der Waals surface area contributed by atoms with E-state index in [-0.39, 0.29) is 18.2 Å². The van der Waals surface area contributed by atoms with E-state index in [1.54, 1.807) is 24.3 Å². The maximum atomic E-state index is 12.3. The highest BCUT2D eigenvalue weighted by Gasteiger charge is 2.21. The van der Waals surface area contributed by atoms with Gasteiger partial charge in [-0.15, -0.1) is 0 Å². The third-order valence-corrected chi connectivity index (χ3v) is 3.87. The number of benzene rings is 2. The molecule has 0 radical (unpaired) electrons. The second-order valence-electron chi connectivity index (χ2n) is 7.14. The molecule has 0 aliphatic heterocycles. The van der Waals surface area contributed by atoms with Crippen LogP contribution in [0.15, 0.2) is 53.1 Å². The second-order valence-corrected chi connectivity index (χ2v) is 7.14. The molecule has 0 saturated heterocycles. The fourth-order valence-corrected chi connectivity index (χ4v) is 2.42. The molecule has 0 bridgehead atoms. The highest BCUT2D eigenvalue weighted by atomic mass is 16.5. The first-order valence-electron chi connectivity index (χ1n) is 8.37. The molecule has 6 nitrogen and oxygen atoms in total. The van der Waals surface area contributed by atoms with E-state index in [1.807, 2.05) is 45.0 Å². The Kier molecular flexibility index (Phi) is 4.75. The first-order chi connectivity index (χ1) is 12.3. The number of hydrogen-bond donors (Lipinski definition) is 2. The van der Waals surface area contributed by atoms with Crippen molar-refractivity contribution >= 4 is 34.2 Å². The van der Waals surface area contributed by atoms with Gasteiger partial charge in [0.1, 0.15) is 5.69 Å². The Morgan fingerprint density at radius 1 is 1.00 bits per heavy atom. The van der Waals surface area contributed by atoms with Crippen molar-refractivity contribution in [3.8, 4) is 0 Å². The summed E-state index contributed by atoms with van der Waals surface area (Å²) in [6.07, 6.45) is 0.107. The third kappa shape index (κ3) is 4.08. The summed E-state index contributed by atoms with van der Waals surface area (Å²) < 4.78 is 5.22. The average Bonchev–Trinajstić information content (AvgIpc) is 2.97. The van der Waals surface area contributed by atoms with Gasteiger partial charge in [0.25, 0.3) is 0 Å². The topological polar surface area (TPSA) is 84.2 Å². The number of rotatable bonds is 4. The van der Waals surface area contributed by atoms with Crippen LogP contribution in [0.25, 0.3) is 11.0 Å². The molecule has 2 N–H and O–H groups in total. The van der Waals surface area contributed by atoms with Crippen LogP contribution in [0.3, 0.4) is 0 Å². The number of para-hydroxylation sites is 1. The number of carbonyl (C=O) groups excluding carboxylic acids is 2. The molecule has 6 heteroatoms. The Morgan fingerprint density at radius 2 is 1.69 bits per heavy atom. The molecule has 1 aromatic heterocycles. The minimum Gasteiger partial charge on any atom is -0.356 e. The van der Waals surface area contributed by atoms with Gasteiger partial charge >= 0.3 is 0 Å². The van der Waals surface area contributed by atoms with Crippen LogP contribution in [0.5, 0.6) is 0 Å². The lowest BCUT2D eigenvalue weighted by atomic mass is 9.95. The van der Waals surface area contributed by atoms with E-state index >= 15 is 0 Å². The molecule has 3 aromatic rings. The minimum absolute atomic E-state index is 0.0879. The summed E-state index contributed by atoms with van der Waals surface area (Å²) in [6, 6.07) is 14.5. The molecular formula is C20H21N3O3. The first-order valence-corrected chi connectivity index (χ1v) is 8.37. The van der Waals surface area contributed by atoms with Crippen molar-refractivity contribution in [3.63, 3.8) is 0 Å². The lowest BCUT2D eigenvalue weighted by molar-refractivity contribution is -0.123. The number of nitrogens with zero attached hydrogens (tertiary/aromatic N) is 1. The van der Waals surface area contributed by atoms with Crippen molar-refractivity contribution < 1.29 is 14.1 Å². The molecule has 0 atom stereocenters. The molecule has 1 heterocycles. The van der Waals surface area contributed by atoms with E-state index in [9.17, 15) is 9.59 Å². The molecule has 0 spiro atoms. The standard InChI is InChI=1S/C20H21N3O3/c1-20(2,3)19(25)22-14-8-6-7-13(11-14)21-18(24)12-16-15-9-4-5-10-17(15)26-23-16/h4-11H,12H2,1-3H3,(H,21,24)(H,22,25). The van der Waals surface area contributed by atoms with E-state index < -0.39 is 5.41 Å². The molecule has 2 amide bonds. The quantitative estimate of drug-likeness (QED) is 0.744. The van der Waals surface area contributed by atoms with Crippen LogP contribution in [0.4, 0.5) is 11.4 Å². The molecule has 2 aromatic carbocycles. The lowest BCUT2D eigenvalue weighted by Gasteiger charge is -2.18. The number of anilines is 2. The zero-order valence-electron chi connectivity index (χ0n) is 15.0. The lowest BCUT2D eigenvalue weighted by Crippen LogP contribution is -2.27. The van der Waals surface area contributed by atoms with Gasteiger partial charge in [-0.1, -0.05) is 44.1 Å². The zero-order chi connectivity index (χ0) is 18.7. The SMILES string of the molecule is CC(C)(C)C(=O)Nc1cccc(NC(=O)Cc2noc3ccccc23)c1. The highest BCUT2D eigenvalue weighted by molar-refractivity contribution is 5.97. The number of nitrogens with one attached hydrogen (secondary N) is 2. The first kappa shape index (κ1) is 17.7. The van der Waals surface area contributed by atoms with Crippen LogP contribution in [0, 0.1) is 5.41 Å². The molecule has 26 heavy (non-hydrogen) atoms. The highest BCUT2D eigenvalue weighted by Crippen LogP contribution is 2.21. The predicted octanol–water partition coefficient (Wildman–Crippen LogP) is 3.99. The van der Waals surface area contributed by atoms with Gasteiger partial charge in [-0.05, 0) is 30.3 Å². The Bertz CT molecular complexity index is 954. The van der Waals surface area contributed by atoms with Crippen molar-refractivity contribution in [2.24, 2.45) is 5.41 Å². The molecular weight excluding hydrogens is 330 g/mol. The summed E-state index contributed by atoms with van der Waals surface area (Å²) >= 11 is 0. The number of hydrogen-bond acceptors (Lipinski definition) is 4. The van der Waals surface area contributed by atoms with Gasteiger partial charge < -0.3 is 15.2 Å². The Hall–Kier alpha value is -3.15. The van der Waals surface area contributed by atoms with Gasteiger partial charge in [-0.3, -0.25) is 9.59 Å². The third-order valence-electron chi connectivity index (χ3n) is 3.87. The second kappa shape index (κ2) is 7.00. The van der Waals surface area contributed by atoms with Gasteiger partial charge in [0.15, 0.2) is 5.58 Å². The molecule has 0 saturated carbocycles. The van der Waals surface area contributed by atoms with Gasteiger partial charge in [-0.25, -0.2) is 0 Å². The number of fused-ring (bicyclic) bond motifs is 1. The zero-order valence-corrected chi connectivity index (χ0v) is 15.0. The monoisotopic (exact) mass is 351 g/mol. The maximum absolute atomic E-state index is 12.3.